The third-order valence-corrected chi connectivity index (χ3v) is 5.90. The van der Waals surface area contributed by atoms with E-state index in [1.165, 1.54) is 0 Å². The zero-order valence-electron chi connectivity index (χ0n) is 18.4. The molecule has 0 N–H and O–H groups in total. The summed E-state index contributed by atoms with van der Waals surface area (Å²) in [5, 5.41) is 0. The lowest BCUT2D eigenvalue weighted by Gasteiger charge is -2.30. The number of benzene rings is 3. The summed E-state index contributed by atoms with van der Waals surface area (Å²) in [6, 6.07) is 22.1. The SMILES string of the molecule is COc1ccc(C(CC(=O)N(C)c2ccccc2)N2Cc3ccccc3C2=O)cc1OC. The lowest BCUT2D eigenvalue weighted by Crippen LogP contribution is -2.35. The highest BCUT2D eigenvalue weighted by atomic mass is 16.5. The molecule has 0 radical (unpaired) electrons. The third-order valence-electron chi connectivity index (χ3n) is 5.90. The fraction of sp³-hybridized carbons (Fsp3) is 0.231. The van der Waals surface area contributed by atoms with Gasteiger partial charge in [0.2, 0.25) is 5.91 Å². The number of fused-ring (bicyclic) bond motifs is 1. The van der Waals surface area contributed by atoms with Crippen molar-refractivity contribution in [2.24, 2.45) is 0 Å². The molecule has 6 heteroatoms. The molecule has 3 aromatic carbocycles. The molecule has 2 amide bonds. The second-order valence-corrected chi connectivity index (χ2v) is 7.71. The molecule has 1 unspecified atom stereocenters. The standard InChI is InChI=1S/C26H26N2O4/c1-27(20-10-5-4-6-11-20)25(29)16-22(18-13-14-23(31-2)24(15-18)32-3)28-17-19-9-7-8-12-21(19)26(28)30/h4-15,22H,16-17H2,1-3H3. The first-order valence-corrected chi connectivity index (χ1v) is 10.5. The van der Waals surface area contributed by atoms with Crippen molar-refractivity contribution >= 4 is 17.5 Å². The summed E-state index contributed by atoms with van der Waals surface area (Å²) in [5.74, 6) is 0.997. The van der Waals surface area contributed by atoms with Crippen LogP contribution in [-0.2, 0) is 11.3 Å². The summed E-state index contributed by atoms with van der Waals surface area (Å²) in [6.07, 6.45) is 0.139. The number of hydrogen-bond donors (Lipinski definition) is 0. The molecule has 1 atom stereocenters. The molecule has 0 saturated carbocycles. The van der Waals surface area contributed by atoms with Crippen LogP contribution in [-0.4, -0.2) is 38.0 Å². The summed E-state index contributed by atoms with van der Waals surface area (Å²) in [7, 11) is 4.90. The van der Waals surface area contributed by atoms with Crippen molar-refractivity contribution in [3.63, 3.8) is 0 Å². The minimum absolute atomic E-state index is 0.0736. The fourth-order valence-corrected chi connectivity index (χ4v) is 4.09. The highest BCUT2D eigenvalue weighted by Crippen LogP contribution is 2.37. The Bertz CT molecular complexity index is 1130. The number of nitrogens with zero attached hydrogens (tertiary/aromatic N) is 2. The summed E-state index contributed by atoms with van der Waals surface area (Å²) in [6.45, 7) is 0.455. The van der Waals surface area contributed by atoms with E-state index in [9.17, 15) is 9.59 Å². The van der Waals surface area contributed by atoms with E-state index in [-0.39, 0.29) is 18.2 Å². The lowest BCUT2D eigenvalue weighted by atomic mass is 10.00. The van der Waals surface area contributed by atoms with Gasteiger partial charge in [-0.3, -0.25) is 9.59 Å². The van der Waals surface area contributed by atoms with Gasteiger partial charge in [0.05, 0.1) is 26.7 Å². The second kappa shape index (κ2) is 9.14. The van der Waals surface area contributed by atoms with Gasteiger partial charge in [0.15, 0.2) is 11.5 Å². The largest absolute Gasteiger partial charge is 0.493 e. The van der Waals surface area contributed by atoms with E-state index >= 15 is 0 Å². The Balaban J connectivity index is 1.69. The van der Waals surface area contributed by atoms with Crippen molar-refractivity contribution in [3.8, 4) is 11.5 Å². The number of rotatable bonds is 7. The number of amides is 2. The minimum Gasteiger partial charge on any atom is -0.493 e. The van der Waals surface area contributed by atoms with Crippen molar-refractivity contribution in [3.05, 3.63) is 89.5 Å². The zero-order valence-corrected chi connectivity index (χ0v) is 18.4. The molecule has 1 aliphatic heterocycles. The van der Waals surface area contributed by atoms with Gasteiger partial charge in [-0.25, -0.2) is 0 Å². The van der Waals surface area contributed by atoms with Gasteiger partial charge in [0.25, 0.3) is 5.91 Å². The highest BCUT2D eigenvalue weighted by Gasteiger charge is 2.35. The Morgan fingerprint density at radius 1 is 0.969 bits per heavy atom. The van der Waals surface area contributed by atoms with Crippen LogP contribution in [0.5, 0.6) is 11.5 Å². The zero-order chi connectivity index (χ0) is 22.7. The van der Waals surface area contributed by atoms with Crippen molar-refractivity contribution < 1.29 is 19.1 Å². The van der Waals surface area contributed by atoms with E-state index in [1.807, 2.05) is 66.7 Å². The van der Waals surface area contributed by atoms with E-state index in [0.717, 1.165) is 16.8 Å². The van der Waals surface area contributed by atoms with Crippen molar-refractivity contribution in [1.29, 1.82) is 0 Å². The third kappa shape index (κ3) is 4.04. The molecule has 0 aliphatic carbocycles. The Labute approximate surface area is 188 Å². The maximum absolute atomic E-state index is 13.3. The average molecular weight is 431 g/mol. The van der Waals surface area contributed by atoms with Crippen LogP contribution in [0.15, 0.2) is 72.8 Å². The van der Waals surface area contributed by atoms with Gasteiger partial charge in [-0.2, -0.15) is 0 Å². The van der Waals surface area contributed by atoms with Crippen LogP contribution >= 0.6 is 0 Å². The van der Waals surface area contributed by atoms with Crippen LogP contribution in [0.3, 0.4) is 0 Å². The van der Waals surface area contributed by atoms with Crippen molar-refractivity contribution in [2.75, 3.05) is 26.2 Å². The molecule has 0 saturated heterocycles. The van der Waals surface area contributed by atoms with Gasteiger partial charge >= 0.3 is 0 Å². The van der Waals surface area contributed by atoms with E-state index < -0.39 is 6.04 Å². The molecular weight excluding hydrogens is 404 g/mol. The van der Waals surface area contributed by atoms with Crippen LogP contribution in [0.4, 0.5) is 5.69 Å². The molecule has 0 spiro atoms. The summed E-state index contributed by atoms with van der Waals surface area (Å²) in [4.78, 5) is 29.9. The number of carbonyl (C=O) groups is 2. The molecule has 0 bridgehead atoms. The smallest absolute Gasteiger partial charge is 0.255 e. The Morgan fingerprint density at radius 3 is 2.34 bits per heavy atom. The minimum atomic E-state index is -0.451. The van der Waals surface area contributed by atoms with E-state index in [4.69, 9.17) is 9.47 Å². The molecule has 32 heavy (non-hydrogen) atoms. The molecule has 3 aromatic rings. The van der Waals surface area contributed by atoms with Crippen molar-refractivity contribution in [1.82, 2.24) is 4.90 Å². The Morgan fingerprint density at radius 2 is 1.66 bits per heavy atom. The molecule has 164 valence electrons. The van der Waals surface area contributed by atoms with Gasteiger partial charge in [0, 0.05) is 24.8 Å². The second-order valence-electron chi connectivity index (χ2n) is 7.71. The van der Waals surface area contributed by atoms with Gasteiger partial charge in [-0.15, -0.1) is 0 Å². The molecule has 1 heterocycles. The number of methoxy groups -OCH3 is 2. The van der Waals surface area contributed by atoms with E-state index in [1.54, 1.807) is 37.1 Å². The maximum atomic E-state index is 13.3. The van der Waals surface area contributed by atoms with Gasteiger partial charge in [0.1, 0.15) is 0 Å². The molecule has 0 aromatic heterocycles. The monoisotopic (exact) mass is 430 g/mol. The van der Waals surface area contributed by atoms with Crippen LogP contribution in [0.1, 0.15) is 33.9 Å². The molecule has 1 aliphatic rings. The number of anilines is 1. The van der Waals surface area contributed by atoms with Gasteiger partial charge < -0.3 is 19.3 Å². The van der Waals surface area contributed by atoms with Gasteiger partial charge in [-0.05, 0) is 41.5 Å². The molecule has 4 rings (SSSR count). The first kappa shape index (κ1) is 21.4. The highest BCUT2D eigenvalue weighted by molar-refractivity contribution is 5.99. The number of ether oxygens (including phenoxy) is 2. The van der Waals surface area contributed by atoms with Crippen LogP contribution < -0.4 is 14.4 Å². The first-order chi connectivity index (χ1) is 15.5. The summed E-state index contributed by atoms with van der Waals surface area (Å²) >= 11 is 0. The Kier molecular flexibility index (Phi) is 6.12. The fourth-order valence-electron chi connectivity index (χ4n) is 4.09. The molecule has 6 nitrogen and oxygen atoms in total. The summed E-state index contributed by atoms with van der Waals surface area (Å²) in [5.41, 5.74) is 3.27. The number of hydrogen-bond acceptors (Lipinski definition) is 4. The molecule has 0 fully saturated rings. The topological polar surface area (TPSA) is 59.1 Å². The maximum Gasteiger partial charge on any atom is 0.255 e. The quantitative estimate of drug-likeness (QED) is 0.556. The number of carbonyl (C=O) groups excluding carboxylic acids is 2. The molecular formula is C26H26N2O4. The van der Waals surface area contributed by atoms with Crippen LogP contribution in [0, 0.1) is 0 Å². The van der Waals surface area contributed by atoms with Crippen LogP contribution in [0.25, 0.3) is 0 Å². The predicted octanol–water partition coefficient (Wildman–Crippen LogP) is 4.45. The summed E-state index contributed by atoms with van der Waals surface area (Å²) < 4.78 is 10.8. The van der Waals surface area contributed by atoms with Crippen LogP contribution in [0.2, 0.25) is 0 Å². The van der Waals surface area contributed by atoms with E-state index in [2.05, 4.69) is 0 Å². The first-order valence-electron chi connectivity index (χ1n) is 10.5. The Hall–Kier alpha value is -3.80. The normalized spacial score (nSPS) is 13.5. The number of para-hydroxylation sites is 1. The van der Waals surface area contributed by atoms with E-state index in [0.29, 0.717) is 23.6 Å². The average Bonchev–Trinajstić information content (AvgIpc) is 3.18. The van der Waals surface area contributed by atoms with Gasteiger partial charge in [-0.1, -0.05) is 42.5 Å². The van der Waals surface area contributed by atoms with Crippen molar-refractivity contribution in [2.45, 2.75) is 19.0 Å². The lowest BCUT2D eigenvalue weighted by molar-refractivity contribution is -0.119. The predicted molar refractivity (Wildman–Crippen MR) is 123 cm³/mol.